The summed E-state index contributed by atoms with van der Waals surface area (Å²) in [5.74, 6) is -1.15. The molecule has 0 radical (unpaired) electrons. The Balaban J connectivity index is 3.49. The summed E-state index contributed by atoms with van der Waals surface area (Å²) in [6, 6.07) is 0. The SMILES string of the molecule is C=C(CC(=O)OCCOCCOCCO)C(=O)OCC. The van der Waals surface area contributed by atoms with E-state index in [9.17, 15) is 9.59 Å². The van der Waals surface area contributed by atoms with Gasteiger partial charge in [0.05, 0.1) is 46.1 Å². The molecule has 0 aliphatic rings. The molecule has 0 unspecified atom stereocenters. The normalized spacial score (nSPS) is 10.1. The summed E-state index contributed by atoms with van der Waals surface area (Å²) < 4.78 is 19.6. The highest BCUT2D eigenvalue weighted by atomic mass is 16.6. The van der Waals surface area contributed by atoms with Gasteiger partial charge in [0.1, 0.15) is 6.61 Å². The maximum atomic E-state index is 11.3. The summed E-state index contributed by atoms with van der Waals surface area (Å²) in [6.45, 7) is 6.66. The molecule has 0 amide bonds. The van der Waals surface area contributed by atoms with Crippen LogP contribution in [0, 0.1) is 0 Å². The summed E-state index contributed by atoms with van der Waals surface area (Å²) in [7, 11) is 0. The van der Waals surface area contributed by atoms with Crippen LogP contribution in [0.5, 0.6) is 0 Å². The van der Waals surface area contributed by atoms with Crippen molar-refractivity contribution in [3.63, 3.8) is 0 Å². The van der Waals surface area contributed by atoms with Crippen LogP contribution < -0.4 is 0 Å². The van der Waals surface area contributed by atoms with Gasteiger partial charge in [-0.1, -0.05) is 6.58 Å². The van der Waals surface area contributed by atoms with Crippen LogP contribution in [0.2, 0.25) is 0 Å². The molecule has 7 nitrogen and oxygen atoms in total. The Labute approximate surface area is 118 Å². The highest BCUT2D eigenvalue weighted by Crippen LogP contribution is 2.02. The topological polar surface area (TPSA) is 91.3 Å². The quantitative estimate of drug-likeness (QED) is 0.309. The highest BCUT2D eigenvalue weighted by molar-refractivity contribution is 5.93. The van der Waals surface area contributed by atoms with Gasteiger partial charge in [0.25, 0.3) is 0 Å². The first-order valence-electron chi connectivity index (χ1n) is 6.38. The van der Waals surface area contributed by atoms with E-state index in [4.69, 9.17) is 24.1 Å². The van der Waals surface area contributed by atoms with Crippen LogP contribution in [-0.2, 0) is 28.5 Å². The van der Waals surface area contributed by atoms with Gasteiger partial charge < -0.3 is 24.1 Å². The Kier molecular flexibility index (Phi) is 11.7. The van der Waals surface area contributed by atoms with Crippen molar-refractivity contribution in [1.29, 1.82) is 0 Å². The van der Waals surface area contributed by atoms with Crippen molar-refractivity contribution in [2.75, 3.05) is 46.2 Å². The molecule has 0 aromatic heterocycles. The monoisotopic (exact) mass is 290 g/mol. The molecule has 116 valence electrons. The molecule has 0 aromatic rings. The van der Waals surface area contributed by atoms with Crippen LogP contribution in [0.15, 0.2) is 12.2 Å². The third-order valence-corrected chi connectivity index (χ3v) is 2.02. The van der Waals surface area contributed by atoms with Crippen LogP contribution in [-0.4, -0.2) is 63.3 Å². The molecule has 1 N–H and O–H groups in total. The lowest BCUT2D eigenvalue weighted by atomic mass is 10.2. The van der Waals surface area contributed by atoms with E-state index in [0.717, 1.165) is 0 Å². The van der Waals surface area contributed by atoms with E-state index in [-0.39, 0.29) is 45.0 Å². The minimum Gasteiger partial charge on any atom is -0.463 e. The minimum atomic E-state index is -0.596. The fourth-order valence-corrected chi connectivity index (χ4v) is 1.13. The minimum absolute atomic E-state index is 0.0258. The number of carbonyl (C=O) groups is 2. The Morgan fingerprint density at radius 3 is 2.20 bits per heavy atom. The predicted molar refractivity (Wildman–Crippen MR) is 70.1 cm³/mol. The van der Waals surface area contributed by atoms with Crippen LogP contribution in [0.3, 0.4) is 0 Å². The second-order valence-corrected chi connectivity index (χ2v) is 3.67. The van der Waals surface area contributed by atoms with Gasteiger partial charge >= 0.3 is 11.9 Å². The zero-order chi connectivity index (χ0) is 15.2. The number of carbonyl (C=O) groups excluding carboxylic acids is 2. The van der Waals surface area contributed by atoms with E-state index >= 15 is 0 Å². The smallest absolute Gasteiger partial charge is 0.333 e. The van der Waals surface area contributed by atoms with Crippen LogP contribution >= 0.6 is 0 Å². The average Bonchev–Trinajstić information content (AvgIpc) is 2.42. The number of esters is 2. The van der Waals surface area contributed by atoms with Crippen molar-refractivity contribution in [1.82, 2.24) is 0 Å². The summed E-state index contributed by atoms with van der Waals surface area (Å²) in [6.07, 6.45) is -0.196. The lowest BCUT2D eigenvalue weighted by Gasteiger charge is -2.07. The third kappa shape index (κ3) is 10.5. The number of hydrogen-bond acceptors (Lipinski definition) is 7. The molecule has 0 aromatic carbocycles. The largest absolute Gasteiger partial charge is 0.463 e. The third-order valence-electron chi connectivity index (χ3n) is 2.02. The fourth-order valence-electron chi connectivity index (χ4n) is 1.13. The summed E-state index contributed by atoms with van der Waals surface area (Å²) in [5, 5.41) is 8.45. The van der Waals surface area contributed by atoms with Gasteiger partial charge in [0.15, 0.2) is 0 Å². The van der Waals surface area contributed by atoms with E-state index in [1.165, 1.54) is 0 Å². The molecular formula is C13H22O7. The zero-order valence-corrected chi connectivity index (χ0v) is 11.8. The molecule has 20 heavy (non-hydrogen) atoms. The summed E-state index contributed by atoms with van der Waals surface area (Å²) in [4.78, 5) is 22.5. The maximum Gasteiger partial charge on any atom is 0.333 e. The average molecular weight is 290 g/mol. The number of rotatable bonds is 12. The first-order chi connectivity index (χ1) is 9.61. The van der Waals surface area contributed by atoms with Crippen LogP contribution in [0.25, 0.3) is 0 Å². The van der Waals surface area contributed by atoms with Gasteiger partial charge in [-0.3, -0.25) is 4.79 Å². The van der Waals surface area contributed by atoms with Gasteiger partial charge in [-0.05, 0) is 6.92 Å². The molecule has 0 saturated heterocycles. The highest BCUT2D eigenvalue weighted by Gasteiger charge is 2.13. The van der Waals surface area contributed by atoms with Crippen molar-refractivity contribution >= 4 is 11.9 Å². The van der Waals surface area contributed by atoms with Crippen molar-refractivity contribution in [3.8, 4) is 0 Å². The molecule has 0 rings (SSSR count). The van der Waals surface area contributed by atoms with Crippen molar-refractivity contribution < 1.29 is 33.6 Å². The van der Waals surface area contributed by atoms with E-state index in [1.54, 1.807) is 6.92 Å². The molecule has 0 aliphatic carbocycles. The maximum absolute atomic E-state index is 11.3. The molecule has 7 heteroatoms. The standard InChI is InChI=1S/C13H22O7/c1-3-19-13(16)11(2)10-12(15)20-9-8-18-7-6-17-5-4-14/h14H,2-10H2,1H3. The Morgan fingerprint density at radius 1 is 1.00 bits per heavy atom. The van der Waals surface area contributed by atoms with Gasteiger partial charge in [0.2, 0.25) is 0 Å². The molecular weight excluding hydrogens is 268 g/mol. The summed E-state index contributed by atoms with van der Waals surface area (Å²) in [5.41, 5.74) is 0.0650. The van der Waals surface area contributed by atoms with Crippen molar-refractivity contribution in [2.24, 2.45) is 0 Å². The number of ether oxygens (including phenoxy) is 4. The number of aliphatic hydroxyl groups is 1. The molecule has 0 spiro atoms. The van der Waals surface area contributed by atoms with Crippen molar-refractivity contribution in [3.05, 3.63) is 12.2 Å². The van der Waals surface area contributed by atoms with E-state index in [1.807, 2.05) is 0 Å². The second-order valence-electron chi connectivity index (χ2n) is 3.67. The molecule has 0 aliphatic heterocycles. The van der Waals surface area contributed by atoms with Crippen molar-refractivity contribution in [2.45, 2.75) is 13.3 Å². The van der Waals surface area contributed by atoms with E-state index in [2.05, 4.69) is 6.58 Å². The first kappa shape index (κ1) is 18.6. The lowest BCUT2D eigenvalue weighted by Crippen LogP contribution is -2.16. The van der Waals surface area contributed by atoms with E-state index < -0.39 is 11.9 Å². The van der Waals surface area contributed by atoms with Crippen LogP contribution in [0.1, 0.15) is 13.3 Å². The Bertz CT molecular complexity index is 301. The van der Waals surface area contributed by atoms with Gasteiger partial charge in [-0.2, -0.15) is 0 Å². The second kappa shape index (κ2) is 12.6. The molecule has 0 saturated carbocycles. The molecule has 0 atom stereocenters. The first-order valence-corrected chi connectivity index (χ1v) is 6.38. The van der Waals surface area contributed by atoms with Crippen LogP contribution in [0.4, 0.5) is 0 Å². The fraction of sp³-hybridized carbons (Fsp3) is 0.692. The van der Waals surface area contributed by atoms with Gasteiger partial charge in [-0.15, -0.1) is 0 Å². The number of aliphatic hydroxyl groups excluding tert-OH is 1. The zero-order valence-electron chi connectivity index (χ0n) is 11.8. The molecule has 0 bridgehead atoms. The van der Waals surface area contributed by atoms with Gasteiger partial charge in [0, 0.05) is 5.57 Å². The van der Waals surface area contributed by atoms with Gasteiger partial charge in [-0.25, -0.2) is 4.79 Å². The molecule has 0 fully saturated rings. The molecule has 0 heterocycles. The Hall–Kier alpha value is -1.44. The predicted octanol–water partition coefficient (Wildman–Crippen LogP) is 0.0645. The lowest BCUT2D eigenvalue weighted by molar-refractivity contribution is -0.147. The van der Waals surface area contributed by atoms with E-state index in [0.29, 0.717) is 13.2 Å². The number of hydrogen-bond donors (Lipinski definition) is 1. The summed E-state index contributed by atoms with van der Waals surface area (Å²) >= 11 is 0. The Morgan fingerprint density at radius 2 is 1.60 bits per heavy atom.